The van der Waals surface area contributed by atoms with Crippen molar-refractivity contribution in [3.8, 4) is 11.4 Å². The minimum atomic E-state index is -0.216. The minimum absolute atomic E-state index is 0.156. The van der Waals surface area contributed by atoms with Crippen LogP contribution in [-0.4, -0.2) is 61.9 Å². The summed E-state index contributed by atoms with van der Waals surface area (Å²) in [6.07, 6.45) is 1.65. The van der Waals surface area contributed by atoms with Crippen molar-refractivity contribution in [1.82, 2.24) is 24.6 Å². The second-order valence-corrected chi connectivity index (χ2v) is 8.91. The summed E-state index contributed by atoms with van der Waals surface area (Å²) in [5.41, 5.74) is 2.23. The number of hydrogen-bond acceptors (Lipinski definition) is 6. The number of aromatic nitrogens is 3. The van der Waals surface area contributed by atoms with Crippen LogP contribution in [0, 0.1) is 6.92 Å². The van der Waals surface area contributed by atoms with Gasteiger partial charge in [-0.3, -0.25) is 9.69 Å². The van der Waals surface area contributed by atoms with Gasteiger partial charge in [0.25, 0.3) is 0 Å². The van der Waals surface area contributed by atoms with Gasteiger partial charge in [0.15, 0.2) is 11.0 Å². The molecule has 1 fully saturated rings. The van der Waals surface area contributed by atoms with Crippen LogP contribution in [0.4, 0.5) is 0 Å². The van der Waals surface area contributed by atoms with Crippen LogP contribution in [0.3, 0.4) is 0 Å². The zero-order valence-electron chi connectivity index (χ0n) is 17.6. The van der Waals surface area contributed by atoms with Gasteiger partial charge in [-0.25, -0.2) is 0 Å². The number of carbonyl (C=O) groups is 1. The Labute approximate surface area is 181 Å². The second kappa shape index (κ2) is 9.06. The Kier molecular flexibility index (Phi) is 6.24. The molecule has 2 aromatic heterocycles. The zero-order valence-corrected chi connectivity index (χ0v) is 18.4. The molecule has 0 spiro atoms. The molecule has 0 aliphatic carbocycles. The number of furan rings is 1. The number of aryl methyl sites for hydroxylation is 1. The molecular weight excluding hydrogens is 398 g/mol. The third-order valence-corrected chi connectivity index (χ3v) is 6.62. The fourth-order valence-electron chi connectivity index (χ4n) is 3.70. The molecule has 1 aromatic carbocycles. The lowest BCUT2D eigenvalue weighted by Gasteiger charge is -2.35. The van der Waals surface area contributed by atoms with E-state index in [2.05, 4.69) is 39.4 Å². The predicted molar refractivity (Wildman–Crippen MR) is 117 cm³/mol. The number of thioether (sulfide) groups is 1. The van der Waals surface area contributed by atoms with Gasteiger partial charge >= 0.3 is 0 Å². The quantitative estimate of drug-likeness (QED) is 0.565. The van der Waals surface area contributed by atoms with E-state index >= 15 is 0 Å². The Hall–Kier alpha value is -2.58. The summed E-state index contributed by atoms with van der Waals surface area (Å²) < 4.78 is 7.30. The standard InChI is InChI=1S/C22H27N5O2S/c1-16-19(9-14-29-16)20-23-24-22(25(20)3)30-17(2)21(28)27-12-10-26(11-13-27)15-18-7-5-4-6-8-18/h4-9,14,17H,10-13,15H2,1-3H3. The first kappa shape index (κ1) is 20.7. The Morgan fingerprint density at radius 2 is 1.87 bits per heavy atom. The van der Waals surface area contributed by atoms with E-state index in [0.717, 1.165) is 55.0 Å². The van der Waals surface area contributed by atoms with Crippen LogP contribution >= 0.6 is 11.8 Å². The first-order valence-corrected chi connectivity index (χ1v) is 11.1. The van der Waals surface area contributed by atoms with Gasteiger partial charge in [0.05, 0.1) is 17.1 Å². The molecule has 1 aliphatic heterocycles. The van der Waals surface area contributed by atoms with Crippen LogP contribution < -0.4 is 0 Å². The third kappa shape index (κ3) is 4.44. The van der Waals surface area contributed by atoms with Crippen LogP contribution in [0.2, 0.25) is 0 Å². The highest BCUT2D eigenvalue weighted by Crippen LogP contribution is 2.28. The lowest BCUT2D eigenvalue weighted by atomic mass is 10.2. The highest BCUT2D eigenvalue weighted by atomic mass is 32.2. The van der Waals surface area contributed by atoms with Crippen molar-refractivity contribution in [2.75, 3.05) is 26.2 Å². The molecule has 0 saturated carbocycles. The summed E-state index contributed by atoms with van der Waals surface area (Å²) in [5.74, 6) is 1.71. The van der Waals surface area contributed by atoms with Crippen molar-refractivity contribution >= 4 is 17.7 Å². The number of carbonyl (C=O) groups excluding carboxylic acids is 1. The monoisotopic (exact) mass is 425 g/mol. The van der Waals surface area contributed by atoms with Gasteiger partial charge in [-0.05, 0) is 25.5 Å². The highest BCUT2D eigenvalue weighted by Gasteiger charge is 2.27. The number of benzene rings is 1. The van der Waals surface area contributed by atoms with Gasteiger partial charge in [-0.1, -0.05) is 42.1 Å². The van der Waals surface area contributed by atoms with Gasteiger partial charge in [-0.15, -0.1) is 10.2 Å². The summed E-state index contributed by atoms with van der Waals surface area (Å²) in [5, 5.41) is 9.10. The number of piperazine rings is 1. The lowest BCUT2D eigenvalue weighted by molar-refractivity contribution is -0.132. The topological polar surface area (TPSA) is 67.4 Å². The van der Waals surface area contributed by atoms with E-state index in [0.29, 0.717) is 0 Å². The molecule has 1 unspecified atom stereocenters. The maximum atomic E-state index is 13.0. The molecular formula is C22H27N5O2S. The molecule has 1 atom stereocenters. The van der Waals surface area contributed by atoms with E-state index in [9.17, 15) is 4.79 Å². The predicted octanol–water partition coefficient (Wildman–Crippen LogP) is 3.21. The van der Waals surface area contributed by atoms with Gasteiger partial charge < -0.3 is 13.9 Å². The molecule has 1 aliphatic rings. The van der Waals surface area contributed by atoms with Gasteiger partial charge in [0.2, 0.25) is 5.91 Å². The highest BCUT2D eigenvalue weighted by molar-refractivity contribution is 8.00. The molecule has 3 heterocycles. The van der Waals surface area contributed by atoms with Crippen molar-refractivity contribution in [1.29, 1.82) is 0 Å². The molecule has 7 nitrogen and oxygen atoms in total. The molecule has 158 valence electrons. The van der Waals surface area contributed by atoms with Gasteiger partial charge in [-0.2, -0.15) is 0 Å². The van der Waals surface area contributed by atoms with Crippen LogP contribution in [-0.2, 0) is 18.4 Å². The number of hydrogen-bond donors (Lipinski definition) is 0. The molecule has 8 heteroatoms. The van der Waals surface area contributed by atoms with Crippen LogP contribution in [0.5, 0.6) is 0 Å². The van der Waals surface area contributed by atoms with Crippen molar-refractivity contribution in [2.45, 2.75) is 30.8 Å². The Morgan fingerprint density at radius 3 is 2.53 bits per heavy atom. The van der Waals surface area contributed by atoms with Gasteiger partial charge in [0.1, 0.15) is 5.76 Å². The number of amides is 1. The first-order chi connectivity index (χ1) is 14.5. The van der Waals surface area contributed by atoms with E-state index in [-0.39, 0.29) is 11.2 Å². The van der Waals surface area contributed by atoms with E-state index < -0.39 is 0 Å². The Bertz CT molecular complexity index is 992. The van der Waals surface area contributed by atoms with Crippen molar-refractivity contribution < 1.29 is 9.21 Å². The van der Waals surface area contributed by atoms with E-state index in [4.69, 9.17) is 4.42 Å². The largest absolute Gasteiger partial charge is 0.469 e. The molecule has 0 radical (unpaired) electrons. The second-order valence-electron chi connectivity index (χ2n) is 7.60. The van der Waals surface area contributed by atoms with Crippen LogP contribution in [0.25, 0.3) is 11.4 Å². The summed E-state index contributed by atoms with van der Waals surface area (Å²) in [7, 11) is 1.92. The van der Waals surface area contributed by atoms with E-state index in [1.165, 1.54) is 17.3 Å². The van der Waals surface area contributed by atoms with Crippen LogP contribution in [0.1, 0.15) is 18.2 Å². The third-order valence-electron chi connectivity index (χ3n) is 5.50. The van der Waals surface area contributed by atoms with Crippen molar-refractivity contribution in [3.63, 3.8) is 0 Å². The number of rotatable bonds is 6. The van der Waals surface area contributed by atoms with Crippen molar-refractivity contribution in [3.05, 3.63) is 54.0 Å². The SMILES string of the molecule is Cc1occc1-c1nnc(SC(C)C(=O)N2CCN(Cc3ccccc3)CC2)n1C. The Balaban J connectivity index is 1.33. The van der Waals surface area contributed by atoms with E-state index in [1.807, 2.05) is 42.5 Å². The average Bonchev–Trinajstić information content (AvgIpc) is 3.34. The zero-order chi connectivity index (χ0) is 21.1. The molecule has 1 saturated heterocycles. The lowest BCUT2D eigenvalue weighted by Crippen LogP contribution is -2.50. The fourth-order valence-corrected chi connectivity index (χ4v) is 4.60. The molecule has 0 bridgehead atoms. The fraction of sp³-hybridized carbons (Fsp3) is 0.409. The molecule has 4 rings (SSSR count). The average molecular weight is 426 g/mol. The summed E-state index contributed by atoms with van der Waals surface area (Å²) >= 11 is 1.45. The summed E-state index contributed by atoms with van der Waals surface area (Å²) in [4.78, 5) is 17.4. The summed E-state index contributed by atoms with van der Waals surface area (Å²) in [6.45, 7) is 8.09. The van der Waals surface area contributed by atoms with Gasteiger partial charge in [0, 0.05) is 39.8 Å². The maximum Gasteiger partial charge on any atom is 0.235 e. The number of nitrogens with zero attached hydrogens (tertiary/aromatic N) is 5. The first-order valence-electron chi connectivity index (χ1n) is 10.2. The smallest absolute Gasteiger partial charge is 0.235 e. The van der Waals surface area contributed by atoms with E-state index in [1.54, 1.807) is 6.26 Å². The van der Waals surface area contributed by atoms with Crippen molar-refractivity contribution in [2.24, 2.45) is 7.05 Å². The minimum Gasteiger partial charge on any atom is -0.469 e. The maximum absolute atomic E-state index is 13.0. The molecule has 0 N–H and O–H groups in total. The van der Waals surface area contributed by atoms with Crippen LogP contribution in [0.15, 0.2) is 52.2 Å². The molecule has 30 heavy (non-hydrogen) atoms. The normalized spacial score (nSPS) is 16.0. The molecule has 1 amide bonds. The molecule has 3 aromatic rings. The summed E-state index contributed by atoms with van der Waals surface area (Å²) in [6, 6.07) is 12.4. The Morgan fingerprint density at radius 1 is 1.13 bits per heavy atom.